The second-order valence-corrected chi connectivity index (χ2v) is 5.93. The number of aromatic carboxylic acids is 1. The van der Waals surface area contributed by atoms with Gasteiger partial charge in [-0.2, -0.15) is 0 Å². The maximum absolute atomic E-state index is 11.6. The van der Waals surface area contributed by atoms with Crippen LogP contribution in [0.3, 0.4) is 0 Å². The number of rotatable bonds is 5. The highest BCUT2D eigenvalue weighted by molar-refractivity contribution is 7.89. The number of carboxylic acids is 1. The molecule has 0 aromatic heterocycles. The summed E-state index contributed by atoms with van der Waals surface area (Å²) in [4.78, 5) is 10.7. The van der Waals surface area contributed by atoms with Gasteiger partial charge in [-0.15, -0.1) is 0 Å². The van der Waals surface area contributed by atoms with Gasteiger partial charge in [0, 0.05) is 6.54 Å². The summed E-state index contributed by atoms with van der Waals surface area (Å²) in [5.74, 6) is -1.21. The lowest BCUT2D eigenvalue weighted by Gasteiger charge is -2.11. The summed E-state index contributed by atoms with van der Waals surface area (Å²) in [7, 11) is -4.02. The minimum atomic E-state index is -4.02. The largest absolute Gasteiger partial charge is 0.478 e. The van der Waals surface area contributed by atoms with Crippen LogP contribution in [0.25, 0.3) is 0 Å². The summed E-state index contributed by atoms with van der Waals surface area (Å²) in [6.45, 7) is 0.399. The summed E-state index contributed by atoms with van der Waals surface area (Å²) < 4.78 is 23.2. The first kappa shape index (κ1) is 15.0. The normalized spacial score (nSPS) is 11.1. The van der Waals surface area contributed by atoms with Gasteiger partial charge >= 0.3 is 5.97 Å². The molecule has 0 spiro atoms. The molecule has 0 heterocycles. The minimum absolute atomic E-state index is 0.135. The molecular formula is C14H14N2O4S. The van der Waals surface area contributed by atoms with Gasteiger partial charge in [0.1, 0.15) is 4.90 Å². The van der Waals surface area contributed by atoms with Gasteiger partial charge in [-0.05, 0) is 23.8 Å². The fourth-order valence-corrected chi connectivity index (χ4v) is 2.57. The van der Waals surface area contributed by atoms with E-state index in [1.807, 2.05) is 30.3 Å². The third kappa shape index (κ3) is 3.80. The molecule has 2 aromatic carbocycles. The van der Waals surface area contributed by atoms with Crippen molar-refractivity contribution in [2.75, 3.05) is 5.32 Å². The van der Waals surface area contributed by atoms with E-state index in [0.29, 0.717) is 6.54 Å². The fraction of sp³-hybridized carbons (Fsp3) is 0.0714. The molecule has 0 unspecified atom stereocenters. The van der Waals surface area contributed by atoms with Crippen molar-refractivity contribution in [3.63, 3.8) is 0 Å². The summed E-state index contributed by atoms with van der Waals surface area (Å²) in [6, 6.07) is 13.1. The van der Waals surface area contributed by atoms with Gasteiger partial charge in [-0.25, -0.2) is 18.4 Å². The number of nitrogens with two attached hydrogens (primary N) is 1. The average molecular weight is 306 g/mol. The molecule has 2 aromatic rings. The van der Waals surface area contributed by atoms with Crippen molar-refractivity contribution in [2.45, 2.75) is 11.4 Å². The molecule has 0 atom stereocenters. The smallest absolute Gasteiger partial charge is 0.335 e. The zero-order valence-corrected chi connectivity index (χ0v) is 11.8. The Morgan fingerprint density at radius 3 is 2.38 bits per heavy atom. The Labute approximate surface area is 122 Å². The number of carboxylic acid groups (broad SMARTS) is 1. The standard InChI is InChI=1S/C14H14N2O4S/c15-21(19,20)13-8-11(14(17)18)6-7-12(13)16-9-10-4-2-1-3-5-10/h1-8,16H,9H2,(H,17,18)(H2,15,19,20). The molecule has 0 amide bonds. The highest BCUT2D eigenvalue weighted by Gasteiger charge is 2.17. The van der Waals surface area contributed by atoms with E-state index < -0.39 is 16.0 Å². The van der Waals surface area contributed by atoms with Crippen molar-refractivity contribution in [2.24, 2.45) is 5.14 Å². The van der Waals surface area contributed by atoms with Crippen LogP contribution in [-0.4, -0.2) is 19.5 Å². The van der Waals surface area contributed by atoms with Crippen LogP contribution in [0.1, 0.15) is 15.9 Å². The van der Waals surface area contributed by atoms with Crippen molar-refractivity contribution in [3.8, 4) is 0 Å². The molecule has 0 radical (unpaired) electrons. The number of hydrogen-bond acceptors (Lipinski definition) is 4. The highest BCUT2D eigenvalue weighted by Crippen LogP contribution is 2.22. The van der Waals surface area contributed by atoms with Gasteiger partial charge in [0.2, 0.25) is 10.0 Å². The lowest BCUT2D eigenvalue weighted by atomic mass is 10.2. The van der Waals surface area contributed by atoms with Gasteiger partial charge in [0.15, 0.2) is 0 Å². The molecule has 0 aliphatic heterocycles. The molecule has 21 heavy (non-hydrogen) atoms. The van der Waals surface area contributed by atoms with E-state index in [1.54, 1.807) is 0 Å². The zero-order chi connectivity index (χ0) is 15.5. The third-order valence-electron chi connectivity index (χ3n) is 2.86. The van der Waals surface area contributed by atoms with Gasteiger partial charge < -0.3 is 10.4 Å². The molecule has 0 saturated carbocycles. The van der Waals surface area contributed by atoms with Crippen LogP contribution >= 0.6 is 0 Å². The number of sulfonamides is 1. The van der Waals surface area contributed by atoms with Crippen molar-refractivity contribution in [1.82, 2.24) is 0 Å². The summed E-state index contributed by atoms with van der Waals surface area (Å²) in [6.07, 6.45) is 0. The van der Waals surface area contributed by atoms with Crippen molar-refractivity contribution in [3.05, 3.63) is 59.7 Å². The van der Waals surface area contributed by atoms with E-state index in [9.17, 15) is 13.2 Å². The highest BCUT2D eigenvalue weighted by atomic mass is 32.2. The number of carbonyl (C=O) groups is 1. The minimum Gasteiger partial charge on any atom is -0.478 e. The number of anilines is 1. The second-order valence-electron chi connectivity index (χ2n) is 4.40. The Morgan fingerprint density at radius 1 is 1.14 bits per heavy atom. The maximum Gasteiger partial charge on any atom is 0.335 e. The van der Waals surface area contributed by atoms with Crippen LogP contribution < -0.4 is 10.5 Å². The number of hydrogen-bond donors (Lipinski definition) is 3. The van der Waals surface area contributed by atoms with E-state index >= 15 is 0 Å². The van der Waals surface area contributed by atoms with Crippen LogP contribution in [0.5, 0.6) is 0 Å². The number of nitrogens with one attached hydrogen (secondary N) is 1. The van der Waals surface area contributed by atoms with Crippen molar-refractivity contribution in [1.29, 1.82) is 0 Å². The molecule has 0 bridgehead atoms. The van der Waals surface area contributed by atoms with Crippen LogP contribution in [0, 0.1) is 0 Å². The first-order valence-corrected chi connectivity index (χ1v) is 7.60. The van der Waals surface area contributed by atoms with Crippen LogP contribution in [0.2, 0.25) is 0 Å². The molecule has 0 aliphatic rings. The van der Waals surface area contributed by atoms with Crippen LogP contribution in [-0.2, 0) is 16.6 Å². The Kier molecular flexibility index (Phi) is 4.25. The monoisotopic (exact) mass is 306 g/mol. The van der Waals surface area contributed by atoms with Gasteiger partial charge in [0.05, 0.1) is 11.3 Å². The topological polar surface area (TPSA) is 109 Å². The number of primary sulfonamides is 1. The maximum atomic E-state index is 11.6. The van der Waals surface area contributed by atoms with Crippen molar-refractivity contribution >= 4 is 21.7 Å². The predicted octanol–water partition coefficient (Wildman–Crippen LogP) is 1.64. The SMILES string of the molecule is NS(=O)(=O)c1cc(C(=O)O)ccc1NCc1ccccc1. The summed E-state index contributed by atoms with van der Waals surface area (Å²) >= 11 is 0. The Bertz CT molecular complexity index is 758. The van der Waals surface area contributed by atoms with E-state index in [4.69, 9.17) is 10.2 Å². The molecule has 0 saturated heterocycles. The van der Waals surface area contributed by atoms with Crippen molar-refractivity contribution < 1.29 is 18.3 Å². The predicted molar refractivity (Wildman–Crippen MR) is 78.5 cm³/mol. The molecule has 0 aliphatic carbocycles. The van der Waals surface area contributed by atoms with E-state index in [2.05, 4.69) is 5.32 Å². The van der Waals surface area contributed by atoms with Crippen LogP contribution in [0.15, 0.2) is 53.4 Å². The lowest BCUT2D eigenvalue weighted by molar-refractivity contribution is 0.0696. The molecule has 6 nitrogen and oxygen atoms in total. The van der Waals surface area contributed by atoms with Gasteiger partial charge in [0.25, 0.3) is 0 Å². The molecule has 2 rings (SSSR count). The first-order chi connectivity index (χ1) is 9.88. The fourth-order valence-electron chi connectivity index (χ4n) is 1.83. The number of benzene rings is 2. The van der Waals surface area contributed by atoms with Gasteiger partial charge in [-0.3, -0.25) is 0 Å². The Hall–Kier alpha value is -2.38. The molecule has 110 valence electrons. The third-order valence-corrected chi connectivity index (χ3v) is 3.81. The second kappa shape index (κ2) is 5.94. The quantitative estimate of drug-likeness (QED) is 0.778. The zero-order valence-electron chi connectivity index (χ0n) is 11.0. The lowest BCUT2D eigenvalue weighted by Crippen LogP contribution is -2.16. The van der Waals surface area contributed by atoms with Crippen LogP contribution in [0.4, 0.5) is 5.69 Å². The average Bonchev–Trinajstić information content (AvgIpc) is 2.45. The molecular weight excluding hydrogens is 292 g/mol. The Morgan fingerprint density at radius 2 is 1.81 bits per heavy atom. The molecule has 0 fully saturated rings. The van der Waals surface area contributed by atoms with E-state index in [-0.39, 0.29) is 16.1 Å². The first-order valence-electron chi connectivity index (χ1n) is 6.06. The van der Waals surface area contributed by atoms with Gasteiger partial charge in [-0.1, -0.05) is 30.3 Å². The van der Waals surface area contributed by atoms with E-state index in [1.165, 1.54) is 12.1 Å². The molecule has 7 heteroatoms. The molecule has 4 N–H and O–H groups in total. The van der Waals surface area contributed by atoms with E-state index in [0.717, 1.165) is 11.6 Å². The summed E-state index contributed by atoms with van der Waals surface area (Å²) in [5, 5.41) is 17.0. The summed E-state index contributed by atoms with van der Waals surface area (Å²) in [5.41, 5.74) is 1.09. The Balaban J connectivity index is 2.33.